The van der Waals surface area contributed by atoms with E-state index in [0.29, 0.717) is 18.3 Å². The first-order valence-corrected chi connectivity index (χ1v) is 8.14. The Hall–Kier alpha value is -3.61. The summed E-state index contributed by atoms with van der Waals surface area (Å²) in [5.41, 5.74) is 2.74. The second-order valence-corrected chi connectivity index (χ2v) is 5.73. The van der Waals surface area contributed by atoms with Crippen LogP contribution in [-0.4, -0.2) is 15.0 Å². The van der Waals surface area contributed by atoms with Crippen LogP contribution in [0.5, 0.6) is 0 Å². The maximum absolute atomic E-state index is 5.34. The maximum atomic E-state index is 5.34. The number of aromatic nitrogens is 3. The van der Waals surface area contributed by atoms with Gasteiger partial charge in [0.15, 0.2) is 12.2 Å². The lowest BCUT2D eigenvalue weighted by Gasteiger charge is -2.10. The van der Waals surface area contributed by atoms with E-state index in [4.69, 9.17) is 8.83 Å². The van der Waals surface area contributed by atoms with E-state index in [1.54, 1.807) is 18.7 Å². The van der Waals surface area contributed by atoms with E-state index in [9.17, 15) is 0 Å². The molecule has 130 valence electrons. The van der Waals surface area contributed by atoms with Crippen LogP contribution in [0.4, 0.5) is 17.5 Å². The number of anilines is 3. The molecule has 0 aliphatic heterocycles. The molecule has 2 N–H and O–H groups in total. The molecule has 0 atom stereocenters. The summed E-state index contributed by atoms with van der Waals surface area (Å²) in [6.45, 7) is 2.52. The number of hydrogen-bond acceptors (Lipinski definition) is 7. The lowest BCUT2D eigenvalue weighted by Crippen LogP contribution is -2.06. The van der Waals surface area contributed by atoms with Gasteiger partial charge in [-0.2, -0.15) is 4.98 Å². The summed E-state index contributed by atoms with van der Waals surface area (Å²) in [4.78, 5) is 12.8. The number of nitrogens with one attached hydrogen (secondary N) is 2. The number of rotatable bonds is 6. The molecule has 0 radical (unpaired) electrons. The molecule has 0 aliphatic rings. The highest BCUT2D eigenvalue weighted by Crippen LogP contribution is 2.24. The smallest absolute Gasteiger partial charge is 0.229 e. The predicted molar refractivity (Wildman–Crippen MR) is 98.0 cm³/mol. The van der Waals surface area contributed by atoms with Crippen molar-refractivity contribution in [1.29, 1.82) is 0 Å². The Balaban J connectivity index is 1.51. The van der Waals surface area contributed by atoms with E-state index in [2.05, 4.69) is 25.6 Å². The fourth-order valence-corrected chi connectivity index (χ4v) is 2.50. The highest BCUT2D eigenvalue weighted by atomic mass is 16.3. The molecule has 4 rings (SSSR count). The minimum atomic E-state index is 0.507. The molecule has 0 saturated heterocycles. The van der Waals surface area contributed by atoms with Gasteiger partial charge in [0.1, 0.15) is 11.6 Å². The molecule has 0 fully saturated rings. The Morgan fingerprint density at radius 3 is 2.85 bits per heavy atom. The van der Waals surface area contributed by atoms with Crippen molar-refractivity contribution in [3.63, 3.8) is 0 Å². The van der Waals surface area contributed by atoms with Gasteiger partial charge < -0.3 is 19.5 Å². The Labute approximate surface area is 150 Å². The van der Waals surface area contributed by atoms with Crippen LogP contribution in [0.2, 0.25) is 0 Å². The van der Waals surface area contributed by atoms with Crippen molar-refractivity contribution in [3.05, 3.63) is 72.8 Å². The standard InChI is InChI=1S/C19H17N5O2/c1-13-9-22-19(24-18(13)21-10-16-6-3-7-25-16)23-15-5-2-4-14(8-15)17-11-20-12-26-17/h2-9,11-12H,10H2,1H3,(H2,21,22,23,24). The van der Waals surface area contributed by atoms with Crippen LogP contribution >= 0.6 is 0 Å². The molecule has 3 aromatic heterocycles. The maximum Gasteiger partial charge on any atom is 0.229 e. The molecular weight excluding hydrogens is 330 g/mol. The van der Waals surface area contributed by atoms with Gasteiger partial charge in [0.2, 0.25) is 5.95 Å². The van der Waals surface area contributed by atoms with Crippen molar-refractivity contribution < 1.29 is 8.83 Å². The fourth-order valence-electron chi connectivity index (χ4n) is 2.50. The topological polar surface area (TPSA) is 89.0 Å². The Morgan fingerprint density at radius 1 is 1.08 bits per heavy atom. The van der Waals surface area contributed by atoms with Gasteiger partial charge in [-0.15, -0.1) is 0 Å². The van der Waals surface area contributed by atoms with Crippen molar-refractivity contribution in [3.8, 4) is 11.3 Å². The minimum absolute atomic E-state index is 0.507. The first-order valence-electron chi connectivity index (χ1n) is 8.14. The summed E-state index contributed by atoms with van der Waals surface area (Å²) in [7, 11) is 0. The zero-order chi connectivity index (χ0) is 17.8. The predicted octanol–water partition coefficient (Wildman–Crippen LogP) is 4.39. The number of oxazole rings is 1. The molecule has 7 heteroatoms. The van der Waals surface area contributed by atoms with Crippen LogP contribution < -0.4 is 10.6 Å². The summed E-state index contributed by atoms with van der Waals surface area (Å²) in [5.74, 6) is 2.81. The molecule has 0 unspecified atom stereocenters. The van der Waals surface area contributed by atoms with Gasteiger partial charge in [-0.3, -0.25) is 0 Å². The number of hydrogen-bond donors (Lipinski definition) is 2. The lowest BCUT2D eigenvalue weighted by molar-refractivity contribution is 0.517. The van der Waals surface area contributed by atoms with Crippen LogP contribution in [0.25, 0.3) is 11.3 Å². The molecule has 0 amide bonds. The third-order valence-corrected chi connectivity index (χ3v) is 3.82. The average Bonchev–Trinajstić information content (AvgIpc) is 3.36. The summed E-state index contributed by atoms with van der Waals surface area (Å²) in [5, 5.41) is 6.49. The van der Waals surface area contributed by atoms with Gasteiger partial charge in [-0.25, -0.2) is 9.97 Å². The summed E-state index contributed by atoms with van der Waals surface area (Å²) in [6.07, 6.45) is 6.52. The molecule has 0 spiro atoms. The van der Waals surface area contributed by atoms with Gasteiger partial charge >= 0.3 is 0 Å². The largest absolute Gasteiger partial charge is 0.467 e. The molecule has 4 aromatic rings. The number of benzene rings is 1. The quantitative estimate of drug-likeness (QED) is 0.535. The lowest BCUT2D eigenvalue weighted by atomic mass is 10.1. The van der Waals surface area contributed by atoms with Gasteiger partial charge in [0.25, 0.3) is 0 Å². The minimum Gasteiger partial charge on any atom is -0.467 e. The summed E-state index contributed by atoms with van der Waals surface area (Å²) >= 11 is 0. The first-order chi connectivity index (χ1) is 12.8. The van der Waals surface area contributed by atoms with Gasteiger partial charge in [0.05, 0.1) is 19.0 Å². The molecule has 7 nitrogen and oxygen atoms in total. The van der Waals surface area contributed by atoms with Crippen molar-refractivity contribution in [2.75, 3.05) is 10.6 Å². The normalized spacial score (nSPS) is 10.7. The van der Waals surface area contributed by atoms with Crippen LogP contribution in [0.3, 0.4) is 0 Å². The number of nitrogens with zero attached hydrogens (tertiary/aromatic N) is 3. The monoisotopic (exact) mass is 347 g/mol. The van der Waals surface area contributed by atoms with Crippen molar-refractivity contribution in [2.45, 2.75) is 13.5 Å². The highest BCUT2D eigenvalue weighted by molar-refractivity contribution is 5.66. The Morgan fingerprint density at radius 2 is 2.04 bits per heavy atom. The van der Waals surface area contributed by atoms with Crippen LogP contribution in [-0.2, 0) is 6.54 Å². The fraction of sp³-hybridized carbons (Fsp3) is 0.105. The third kappa shape index (κ3) is 3.56. The zero-order valence-corrected chi connectivity index (χ0v) is 14.1. The second-order valence-electron chi connectivity index (χ2n) is 5.73. The van der Waals surface area contributed by atoms with E-state index in [1.807, 2.05) is 43.3 Å². The van der Waals surface area contributed by atoms with E-state index >= 15 is 0 Å². The highest BCUT2D eigenvalue weighted by Gasteiger charge is 2.07. The SMILES string of the molecule is Cc1cnc(Nc2cccc(-c3cnco3)c2)nc1NCc1ccco1. The van der Waals surface area contributed by atoms with E-state index in [1.165, 1.54) is 6.39 Å². The van der Waals surface area contributed by atoms with Gasteiger partial charge in [0, 0.05) is 23.0 Å². The Kier molecular flexibility index (Phi) is 4.34. The zero-order valence-electron chi connectivity index (χ0n) is 14.1. The molecule has 26 heavy (non-hydrogen) atoms. The van der Waals surface area contributed by atoms with Crippen LogP contribution in [0.15, 0.2) is 70.3 Å². The molecule has 3 heterocycles. The first kappa shape index (κ1) is 15.9. The van der Waals surface area contributed by atoms with E-state index in [-0.39, 0.29) is 0 Å². The van der Waals surface area contributed by atoms with Crippen molar-refractivity contribution in [1.82, 2.24) is 15.0 Å². The molecule has 1 aromatic carbocycles. The molecule has 0 bridgehead atoms. The molecule has 0 aliphatic carbocycles. The van der Waals surface area contributed by atoms with Crippen LogP contribution in [0.1, 0.15) is 11.3 Å². The molecule has 0 saturated carbocycles. The third-order valence-electron chi connectivity index (χ3n) is 3.82. The Bertz CT molecular complexity index is 981. The second kappa shape index (κ2) is 7.10. The van der Waals surface area contributed by atoms with Crippen molar-refractivity contribution in [2.24, 2.45) is 0 Å². The van der Waals surface area contributed by atoms with E-state index in [0.717, 1.165) is 28.4 Å². The summed E-state index contributed by atoms with van der Waals surface area (Å²) in [6, 6.07) is 11.6. The summed E-state index contributed by atoms with van der Waals surface area (Å²) < 4.78 is 10.7. The average molecular weight is 347 g/mol. The van der Waals surface area contributed by atoms with Gasteiger partial charge in [-0.1, -0.05) is 12.1 Å². The number of furan rings is 1. The van der Waals surface area contributed by atoms with Crippen LogP contribution in [0, 0.1) is 6.92 Å². The molecular formula is C19H17N5O2. The van der Waals surface area contributed by atoms with Crippen molar-refractivity contribution >= 4 is 17.5 Å². The van der Waals surface area contributed by atoms with E-state index < -0.39 is 0 Å². The number of aryl methyl sites for hydroxylation is 1. The van der Waals surface area contributed by atoms with Gasteiger partial charge in [-0.05, 0) is 31.2 Å².